The van der Waals surface area contributed by atoms with Crippen molar-refractivity contribution in [1.29, 1.82) is 0 Å². The molecule has 1 heterocycles. The van der Waals surface area contributed by atoms with E-state index in [1.807, 2.05) is 0 Å². The van der Waals surface area contributed by atoms with Crippen molar-refractivity contribution in [1.82, 2.24) is 10.1 Å². The van der Waals surface area contributed by atoms with Gasteiger partial charge in [-0.2, -0.15) is 4.98 Å². The van der Waals surface area contributed by atoms with E-state index < -0.39 is 21.7 Å². The van der Waals surface area contributed by atoms with Gasteiger partial charge in [-0.05, 0) is 55.9 Å². The monoisotopic (exact) mass is 519 g/mol. The van der Waals surface area contributed by atoms with Crippen LogP contribution < -0.4 is 5.32 Å². The van der Waals surface area contributed by atoms with Gasteiger partial charge in [0.2, 0.25) is 11.8 Å². The van der Waals surface area contributed by atoms with Gasteiger partial charge in [-0.15, -0.1) is 0 Å². The molecule has 1 amide bonds. The number of rotatable bonds is 8. The molecule has 2 unspecified atom stereocenters. The van der Waals surface area contributed by atoms with E-state index >= 15 is 0 Å². The molecule has 0 radical (unpaired) electrons. The SMILES string of the molecule is CC(c1ccc(CC(=O)Nc2cc(Cl)c(C3(c4nc(C5CC5)no4)CC3)c(Cl)c2)cc1)S(=O)O. The zero-order valence-electron chi connectivity index (χ0n) is 18.4. The highest BCUT2D eigenvalue weighted by Gasteiger charge is 2.53. The summed E-state index contributed by atoms with van der Waals surface area (Å²) in [6.45, 7) is 1.67. The second-order valence-corrected chi connectivity index (χ2v) is 11.1. The van der Waals surface area contributed by atoms with Crippen molar-refractivity contribution in [2.24, 2.45) is 0 Å². The molecule has 2 atom stereocenters. The van der Waals surface area contributed by atoms with E-state index in [9.17, 15) is 13.6 Å². The van der Waals surface area contributed by atoms with Gasteiger partial charge >= 0.3 is 0 Å². The summed E-state index contributed by atoms with van der Waals surface area (Å²) in [7, 11) is 0. The average Bonchev–Trinajstić information content (AvgIpc) is 3.73. The van der Waals surface area contributed by atoms with E-state index in [1.165, 1.54) is 0 Å². The van der Waals surface area contributed by atoms with Crippen LogP contribution in [0.4, 0.5) is 5.69 Å². The normalized spacial score (nSPS) is 18.4. The number of halogens is 2. The van der Waals surface area contributed by atoms with Crippen molar-refractivity contribution < 1.29 is 18.1 Å². The van der Waals surface area contributed by atoms with Crippen LogP contribution in [0.2, 0.25) is 10.0 Å². The molecule has 10 heteroatoms. The predicted octanol–water partition coefficient (Wildman–Crippen LogP) is 5.80. The van der Waals surface area contributed by atoms with Crippen LogP contribution in [0.1, 0.15) is 72.2 Å². The van der Waals surface area contributed by atoms with Gasteiger partial charge in [0, 0.05) is 27.2 Å². The van der Waals surface area contributed by atoms with Crippen molar-refractivity contribution >= 4 is 45.9 Å². The van der Waals surface area contributed by atoms with E-state index in [1.54, 1.807) is 43.3 Å². The number of anilines is 1. The van der Waals surface area contributed by atoms with Crippen LogP contribution in [-0.4, -0.2) is 24.8 Å². The van der Waals surface area contributed by atoms with E-state index in [0.29, 0.717) is 27.5 Å². The number of aromatic nitrogens is 2. The Kier molecular flexibility index (Phi) is 6.27. The number of carbonyl (C=O) groups excluding carboxylic acids is 1. The fraction of sp³-hybridized carbons (Fsp3) is 0.375. The van der Waals surface area contributed by atoms with E-state index in [4.69, 9.17) is 27.7 Å². The molecule has 3 aromatic rings. The van der Waals surface area contributed by atoms with E-state index in [-0.39, 0.29) is 12.3 Å². The van der Waals surface area contributed by atoms with Crippen LogP contribution in [0, 0.1) is 0 Å². The molecule has 5 rings (SSSR count). The lowest BCUT2D eigenvalue weighted by atomic mass is 9.95. The molecule has 2 N–H and O–H groups in total. The Balaban J connectivity index is 1.29. The molecular formula is C24H23Cl2N3O4S. The average molecular weight is 520 g/mol. The molecule has 2 aromatic carbocycles. The molecule has 2 fully saturated rings. The quantitative estimate of drug-likeness (QED) is 0.364. The lowest BCUT2D eigenvalue weighted by molar-refractivity contribution is -0.115. The van der Waals surface area contributed by atoms with Crippen LogP contribution in [0.5, 0.6) is 0 Å². The number of nitrogens with one attached hydrogen (secondary N) is 1. The first-order valence-corrected chi connectivity index (χ1v) is 13.0. The number of carbonyl (C=O) groups is 1. The highest BCUT2D eigenvalue weighted by molar-refractivity contribution is 7.79. The number of amides is 1. The predicted molar refractivity (Wildman–Crippen MR) is 131 cm³/mol. The minimum Gasteiger partial charge on any atom is -0.338 e. The summed E-state index contributed by atoms with van der Waals surface area (Å²) in [6, 6.07) is 10.5. The molecule has 0 bridgehead atoms. The zero-order chi connectivity index (χ0) is 24.0. The maximum atomic E-state index is 12.6. The van der Waals surface area contributed by atoms with Crippen LogP contribution >= 0.6 is 23.2 Å². The van der Waals surface area contributed by atoms with Gasteiger partial charge in [-0.25, -0.2) is 4.21 Å². The fourth-order valence-electron chi connectivity index (χ4n) is 4.15. The Bertz CT molecular complexity index is 1250. The maximum Gasteiger partial charge on any atom is 0.237 e. The van der Waals surface area contributed by atoms with Gasteiger partial charge in [-0.1, -0.05) is 52.6 Å². The summed E-state index contributed by atoms with van der Waals surface area (Å²) in [6.07, 6.45) is 3.97. The second-order valence-electron chi connectivity index (χ2n) is 9.01. The number of hydrogen-bond donors (Lipinski definition) is 2. The molecule has 2 saturated carbocycles. The first-order chi connectivity index (χ1) is 16.3. The Hall–Kier alpha value is -2.26. The van der Waals surface area contributed by atoms with Gasteiger partial charge in [0.15, 0.2) is 16.9 Å². The van der Waals surface area contributed by atoms with E-state index in [0.717, 1.165) is 48.2 Å². The van der Waals surface area contributed by atoms with Crippen molar-refractivity contribution in [3.8, 4) is 0 Å². The molecule has 0 saturated heterocycles. The lowest BCUT2D eigenvalue weighted by Gasteiger charge is -2.17. The third-order valence-electron chi connectivity index (χ3n) is 6.46. The van der Waals surface area contributed by atoms with Crippen molar-refractivity contribution in [3.63, 3.8) is 0 Å². The summed E-state index contributed by atoms with van der Waals surface area (Å²) in [5.74, 6) is 1.48. The van der Waals surface area contributed by atoms with Gasteiger partial charge in [0.25, 0.3) is 0 Å². The van der Waals surface area contributed by atoms with Crippen LogP contribution in [0.15, 0.2) is 40.9 Å². The summed E-state index contributed by atoms with van der Waals surface area (Å²) in [5, 5.41) is 7.38. The lowest BCUT2D eigenvalue weighted by Crippen LogP contribution is -2.16. The topological polar surface area (TPSA) is 105 Å². The van der Waals surface area contributed by atoms with Crippen LogP contribution in [-0.2, 0) is 27.7 Å². The summed E-state index contributed by atoms with van der Waals surface area (Å²) in [5.41, 5.74) is 2.31. The Morgan fingerprint density at radius 2 is 1.88 bits per heavy atom. The van der Waals surface area contributed by atoms with Crippen LogP contribution in [0.3, 0.4) is 0 Å². The van der Waals surface area contributed by atoms with Gasteiger partial charge in [0.1, 0.15) is 0 Å². The maximum absolute atomic E-state index is 12.6. The van der Waals surface area contributed by atoms with Gasteiger partial charge in [-0.3, -0.25) is 4.79 Å². The number of hydrogen-bond acceptors (Lipinski definition) is 5. The highest BCUT2D eigenvalue weighted by atomic mass is 35.5. The molecule has 2 aliphatic rings. The summed E-state index contributed by atoms with van der Waals surface area (Å²) >= 11 is 11.3. The molecule has 1 aromatic heterocycles. The Labute approximate surface area is 209 Å². The van der Waals surface area contributed by atoms with Crippen molar-refractivity contribution in [2.45, 2.75) is 55.6 Å². The molecule has 0 spiro atoms. The smallest absolute Gasteiger partial charge is 0.237 e. The van der Waals surface area contributed by atoms with Gasteiger partial charge < -0.3 is 14.4 Å². The second kappa shape index (κ2) is 9.07. The fourth-order valence-corrected chi connectivity index (χ4v) is 5.39. The minimum absolute atomic E-state index is 0.143. The molecule has 7 nitrogen and oxygen atoms in total. The molecule has 34 heavy (non-hydrogen) atoms. The molecule has 178 valence electrons. The molecule has 2 aliphatic carbocycles. The minimum atomic E-state index is -1.94. The first kappa shape index (κ1) is 23.5. The Morgan fingerprint density at radius 3 is 2.44 bits per heavy atom. The largest absolute Gasteiger partial charge is 0.338 e. The summed E-state index contributed by atoms with van der Waals surface area (Å²) in [4.78, 5) is 17.2. The number of nitrogens with zero attached hydrogens (tertiary/aromatic N) is 2. The number of benzene rings is 2. The van der Waals surface area contributed by atoms with E-state index in [2.05, 4.69) is 15.5 Å². The van der Waals surface area contributed by atoms with Gasteiger partial charge in [0.05, 0.1) is 17.1 Å². The standard InChI is InChI=1S/C24H23Cl2N3O4S/c1-13(34(31)32)15-4-2-14(3-5-15)10-20(30)27-17-11-18(25)21(19(26)12-17)24(8-9-24)23-28-22(29-33-23)16-6-7-16/h2-5,11-13,16H,6-10H2,1H3,(H,27,30)(H,31,32). The third kappa shape index (κ3) is 4.64. The first-order valence-electron chi connectivity index (χ1n) is 11.1. The van der Waals surface area contributed by atoms with Crippen LogP contribution in [0.25, 0.3) is 0 Å². The van der Waals surface area contributed by atoms with Crippen molar-refractivity contribution in [2.75, 3.05) is 5.32 Å². The molecular weight excluding hydrogens is 497 g/mol. The zero-order valence-corrected chi connectivity index (χ0v) is 20.7. The summed E-state index contributed by atoms with van der Waals surface area (Å²) < 4.78 is 26.0. The molecule has 0 aliphatic heterocycles. The highest BCUT2D eigenvalue weighted by Crippen LogP contribution is 2.57. The third-order valence-corrected chi connectivity index (χ3v) is 7.94. The Morgan fingerprint density at radius 1 is 1.24 bits per heavy atom. The van der Waals surface area contributed by atoms with Crippen molar-refractivity contribution in [3.05, 3.63) is 74.8 Å².